The molecule has 16 heavy (non-hydrogen) atoms. The van der Waals surface area contributed by atoms with Crippen LogP contribution in [0.5, 0.6) is 0 Å². The second kappa shape index (κ2) is 5.71. The lowest BCUT2D eigenvalue weighted by Gasteiger charge is -2.20. The summed E-state index contributed by atoms with van der Waals surface area (Å²) >= 11 is 1.88. The molecular weight excluding hydrogens is 218 g/mol. The van der Waals surface area contributed by atoms with Gasteiger partial charge in [-0.3, -0.25) is 0 Å². The van der Waals surface area contributed by atoms with Crippen molar-refractivity contribution in [3.63, 3.8) is 0 Å². The highest BCUT2D eigenvalue weighted by molar-refractivity contribution is 8.00. The predicted molar refractivity (Wildman–Crippen MR) is 69.9 cm³/mol. The smallest absolute Gasteiger partial charge is 0.0521 e. The number of aliphatic hydroxyl groups is 1. The fraction of sp³-hybridized carbons (Fsp3) is 0.538. The molecule has 3 heteroatoms. The van der Waals surface area contributed by atoms with Crippen LogP contribution in [-0.4, -0.2) is 29.3 Å². The molecule has 0 heterocycles. The fourth-order valence-electron chi connectivity index (χ4n) is 2.38. The minimum Gasteiger partial charge on any atom is -0.396 e. The molecule has 0 aromatic heterocycles. The maximum atomic E-state index is 8.92. The molecule has 0 aliphatic heterocycles. The topological polar surface area (TPSA) is 32.3 Å². The molecule has 2 atom stereocenters. The van der Waals surface area contributed by atoms with Crippen molar-refractivity contribution >= 4 is 11.8 Å². The molecule has 2 unspecified atom stereocenters. The van der Waals surface area contributed by atoms with E-state index in [0.29, 0.717) is 11.3 Å². The third-order valence-corrected chi connectivity index (χ3v) is 4.32. The number of aliphatic hydroxyl groups excluding tert-OH is 1. The van der Waals surface area contributed by atoms with Gasteiger partial charge in [-0.15, -0.1) is 0 Å². The Bertz CT molecular complexity index is 342. The number of benzene rings is 1. The molecule has 0 saturated heterocycles. The van der Waals surface area contributed by atoms with E-state index in [9.17, 15) is 0 Å². The summed E-state index contributed by atoms with van der Waals surface area (Å²) in [7, 11) is 0. The Labute approximate surface area is 101 Å². The Morgan fingerprint density at radius 3 is 3.00 bits per heavy atom. The summed E-state index contributed by atoms with van der Waals surface area (Å²) in [5.74, 6) is 0.834. The van der Waals surface area contributed by atoms with Gasteiger partial charge in [0.15, 0.2) is 0 Å². The molecule has 1 aliphatic rings. The van der Waals surface area contributed by atoms with Gasteiger partial charge in [0.25, 0.3) is 0 Å². The van der Waals surface area contributed by atoms with Crippen LogP contribution < -0.4 is 5.32 Å². The van der Waals surface area contributed by atoms with Crippen LogP contribution in [0, 0.1) is 0 Å². The van der Waals surface area contributed by atoms with Gasteiger partial charge in [0.05, 0.1) is 6.61 Å². The van der Waals surface area contributed by atoms with E-state index >= 15 is 0 Å². The number of nitrogens with one attached hydrogen (secondary N) is 1. The molecule has 2 nitrogen and oxygen atoms in total. The summed E-state index contributed by atoms with van der Waals surface area (Å²) in [5, 5.41) is 13.0. The van der Waals surface area contributed by atoms with E-state index in [1.807, 2.05) is 11.8 Å². The largest absolute Gasteiger partial charge is 0.396 e. The van der Waals surface area contributed by atoms with E-state index in [0.717, 1.165) is 18.7 Å². The van der Waals surface area contributed by atoms with E-state index in [4.69, 9.17) is 5.11 Å². The van der Waals surface area contributed by atoms with E-state index in [1.54, 1.807) is 0 Å². The Morgan fingerprint density at radius 2 is 2.25 bits per heavy atom. The third kappa shape index (κ3) is 2.42. The van der Waals surface area contributed by atoms with E-state index in [-0.39, 0.29) is 6.61 Å². The van der Waals surface area contributed by atoms with Crippen LogP contribution >= 0.6 is 11.8 Å². The van der Waals surface area contributed by atoms with Gasteiger partial charge in [-0.1, -0.05) is 31.2 Å². The lowest BCUT2D eigenvalue weighted by Crippen LogP contribution is -2.27. The van der Waals surface area contributed by atoms with Crippen molar-refractivity contribution in [1.82, 2.24) is 5.32 Å². The average Bonchev–Trinajstić information content (AvgIpc) is 2.66. The van der Waals surface area contributed by atoms with Gasteiger partial charge < -0.3 is 10.4 Å². The second-order valence-corrected chi connectivity index (χ2v) is 5.42. The van der Waals surface area contributed by atoms with Crippen LogP contribution in [0.1, 0.15) is 24.1 Å². The molecule has 0 bridgehead atoms. The van der Waals surface area contributed by atoms with Crippen LogP contribution in [0.15, 0.2) is 24.3 Å². The summed E-state index contributed by atoms with van der Waals surface area (Å²) in [6.07, 6.45) is 1.12. The normalized spacial score (nSPS) is 23.4. The molecule has 2 N–H and O–H groups in total. The molecule has 88 valence electrons. The van der Waals surface area contributed by atoms with Crippen LogP contribution in [0.4, 0.5) is 0 Å². The number of hydrogen-bond acceptors (Lipinski definition) is 3. The quantitative estimate of drug-likeness (QED) is 0.821. The first-order chi connectivity index (χ1) is 7.86. The molecule has 1 aromatic carbocycles. The molecular formula is C13H19NOS. The SMILES string of the molecule is CCNC1c2ccccc2CC1SCCO. The summed E-state index contributed by atoms with van der Waals surface area (Å²) < 4.78 is 0. The second-order valence-electron chi connectivity index (χ2n) is 4.07. The lowest BCUT2D eigenvalue weighted by atomic mass is 10.1. The lowest BCUT2D eigenvalue weighted by molar-refractivity contribution is 0.322. The minimum absolute atomic E-state index is 0.274. The van der Waals surface area contributed by atoms with Gasteiger partial charge in [-0.05, 0) is 24.1 Å². The van der Waals surface area contributed by atoms with Crippen molar-refractivity contribution in [3.8, 4) is 0 Å². The van der Waals surface area contributed by atoms with E-state index < -0.39 is 0 Å². The number of rotatable bonds is 5. The molecule has 0 saturated carbocycles. The third-order valence-electron chi connectivity index (χ3n) is 3.03. The Morgan fingerprint density at radius 1 is 1.44 bits per heavy atom. The summed E-state index contributed by atoms with van der Waals surface area (Å²) in [4.78, 5) is 0. The van der Waals surface area contributed by atoms with Crippen LogP contribution in [0.2, 0.25) is 0 Å². The molecule has 0 spiro atoms. The zero-order valence-corrected chi connectivity index (χ0v) is 10.5. The number of thioether (sulfide) groups is 1. The van der Waals surface area contributed by atoms with E-state index in [2.05, 4.69) is 36.5 Å². The summed E-state index contributed by atoms with van der Waals surface area (Å²) in [6.45, 7) is 3.42. The van der Waals surface area contributed by atoms with Crippen molar-refractivity contribution in [3.05, 3.63) is 35.4 Å². The van der Waals surface area contributed by atoms with Gasteiger partial charge in [0.1, 0.15) is 0 Å². The van der Waals surface area contributed by atoms with Crippen LogP contribution in [-0.2, 0) is 6.42 Å². The van der Waals surface area contributed by atoms with Crippen molar-refractivity contribution in [2.24, 2.45) is 0 Å². The monoisotopic (exact) mass is 237 g/mol. The molecule has 0 radical (unpaired) electrons. The van der Waals surface area contributed by atoms with Gasteiger partial charge in [-0.2, -0.15) is 11.8 Å². The standard InChI is InChI=1S/C13H19NOS/c1-2-14-13-11-6-4-3-5-10(11)9-12(13)16-8-7-15/h3-6,12-15H,2,7-9H2,1H3. The number of fused-ring (bicyclic) bond motifs is 1. The Balaban J connectivity index is 2.13. The molecule has 0 amide bonds. The van der Waals surface area contributed by atoms with Gasteiger partial charge in [-0.25, -0.2) is 0 Å². The number of hydrogen-bond donors (Lipinski definition) is 2. The van der Waals surface area contributed by atoms with Crippen molar-refractivity contribution < 1.29 is 5.11 Å². The van der Waals surface area contributed by atoms with Crippen LogP contribution in [0.3, 0.4) is 0 Å². The first-order valence-corrected chi connectivity index (χ1v) is 6.95. The van der Waals surface area contributed by atoms with E-state index in [1.165, 1.54) is 11.1 Å². The zero-order valence-electron chi connectivity index (χ0n) is 9.65. The zero-order chi connectivity index (χ0) is 11.4. The fourth-order valence-corrected chi connectivity index (χ4v) is 3.52. The molecule has 1 aromatic rings. The summed E-state index contributed by atoms with van der Waals surface area (Å²) in [6, 6.07) is 9.13. The predicted octanol–water partition coefficient (Wildman–Crippen LogP) is 1.99. The Hall–Kier alpha value is -0.510. The van der Waals surface area contributed by atoms with Gasteiger partial charge in [0, 0.05) is 17.0 Å². The highest BCUT2D eigenvalue weighted by Crippen LogP contribution is 2.38. The van der Waals surface area contributed by atoms with Crippen LogP contribution in [0.25, 0.3) is 0 Å². The Kier molecular flexibility index (Phi) is 4.27. The molecule has 1 aliphatic carbocycles. The highest BCUT2D eigenvalue weighted by Gasteiger charge is 2.31. The van der Waals surface area contributed by atoms with Gasteiger partial charge in [0.2, 0.25) is 0 Å². The minimum atomic E-state index is 0.274. The average molecular weight is 237 g/mol. The summed E-state index contributed by atoms with van der Waals surface area (Å²) in [5.41, 5.74) is 2.91. The maximum Gasteiger partial charge on any atom is 0.0521 e. The molecule has 0 fully saturated rings. The first-order valence-electron chi connectivity index (χ1n) is 5.90. The molecule has 2 rings (SSSR count). The van der Waals surface area contributed by atoms with Crippen molar-refractivity contribution in [2.45, 2.75) is 24.6 Å². The van der Waals surface area contributed by atoms with Crippen molar-refractivity contribution in [1.29, 1.82) is 0 Å². The maximum absolute atomic E-state index is 8.92. The van der Waals surface area contributed by atoms with Crippen molar-refractivity contribution in [2.75, 3.05) is 18.9 Å². The first kappa shape index (κ1) is 12.0. The van der Waals surface area contributed by atoms with Gasteiger partial charge >= 0.3 is 0 Å². The highest BCUT2D eigenvalue weighted by atomic mass is 32.2.